The van der Waals surface area contributed by atoms with E-state index in [1.54, 1.807) is 0 Å². The highest BCUT2D eigenvalue weighted by molar-refractivity contribution is 5.91. The molecule has 102 valence electrons. The summed E-state index contributed by atoms with van der Waals surface area (Å²) in [6, 6.07) is 10.3. The van der Waals surface area contributed by atoms with Crippen LogP contribution in [0, 0.1) is 0 Å². The summed E-state index contributed by atoms with van der Waals surface area (Å²) in [5.41, 5.74) is 1.28. The van der Waals surface area contributed by atoms with Crippen molar-refractivity contribution in [3.05, 3.63) is 47.9 Å². The molecule has 0 saturated carbocycles. The molecule has 1 amide bonds. The third kappa shape index (κ3) is 4.32. The lowest BCUT2D eigenvalue weighted by atomic mass is 10.1. The molecule has 1 aromatic rings. The smallest absolute Gasteiger partial charge is 0.289 e. The molecule has 0 radical (unpaired) electrons. The van der Waals surface area contributed by atoms with Crippen molar-refractivity contribution in [2.24, 2.45) is 0 Å². The number of amides is 1. The first kappa shape index (κ1) is 13.5. The summed E-state index contributed by atoms with van der Waals surface area (Å²) in [7, 11) is 0. The maximum Gasteiger partial charge on any atom is 0.289 e. The standard InChI is InChI=1S/C15H19NO3/c1-12(7-8-13-5-3-2-4-6-13)16-15(17)14-11-18-9-10-19-14/h2-6,11-12H,7-10H2,1H3,(H,16,17). The molecule has 0 spiro atoms. The highest BCUT2D eigenvalue weighted by Gasteiger charge is 2.16. The predicted molar refractivity (Wildman–Crippen MR) is 72.4 cm³/mol. The Labute approximate surface area is 113 Å². The summed E-state index contributed by atoms with van der Waals surface area (Å²) in [5, 5.41) is 2.91. The van der Waals surface area contributed by atoms with Gasteiger partial charge in [0.2, 0.25) is 5.76 Å². The van der Waals surface area contributed by atoms with Crippen LogP contribution in [0.15, 0.2) is 42.4 Å². The third-order valence-corrected chi connectivity index (χ3v) is 2.96. The molecule has 1 aromatic carbocycles. The first-order valence-corrected chi connectivity index (χ1v) is 6.55. The molecule has 1 heterocycles. The van der Waals surface area contributed by atoms with E-state index in [0.29, 0.717) is 13.2 Å². The van der Waals surface area contributed by atoms with Crippen LogP contribution < -0.4 is 5.32 Å². The average molecular weight is 261 g/mol. The van der Waals surface area contributed by atoms with Crippen LogP contribution in [0.5, 0.6) is 0 Å². The van der Waals surface area contributed by atoms with E-state index >= 15 is 0 Å². The molecule has 19 heavy (non-hydrogen) atoms. The average Bonchev–Trinajstić information content (AvgIpc) is 2.47. The van der Waals surface area contributed by atoms with Gasteiger partial charge in [0.05, 0.1) is 0 Å². The Bertz CT molecular complexity index is 442. The first-order chi connectivity index (χ1) is 9.25. The van der Waals surface area contributed by atoms with E-state index in [4.69, 9.17) is 9.47 Å². The van der Waals surface area contributed by atoms with E-state index in [-0.39, 0.29) is 17.7 Å². The number of rotatable bonds is 5. The summed E-state index contributed by atoms with van der Waals surface area (Å²) < 4.78 is 10.3. The lowest BCUT2D eigenvalue weighted by molar-refractivity contribution is -0.122. The Balaban J connectivity index is 1.76. The molecule has 1 atom stereocenters. The summed E-state index contributed by atoms with van der Waals surface area (Å²) in [4.78, 5) is 11.8. The molecule has 0 saturated heterocycles. The lowest BCUT2D eigenvalue weighted by Crippen LogP contribution is -2.35. The molecule has 1 N–H and O–H groups in total. The molecule has 0 bridgehead atoms. The molecule has 0 fully saturated rings. The predicted octanol–water partition coefficient (Wildman–Crippen LogP) is 2.01. The van der Waals surface area contributed by atoms with Gasteiger partial charge < -0.3 is 14.8 Å². The number of hydrogen-bond acceptors (Lipinski definition) is 3. The largest absolute Gasteiger partial charge is 0.494 e. The van der Waals surface area contributed by atoms with E-state index in [2.05, 4.69) is 17.4 Å². The third-order valence-electron chi connectivity index (χ3n) is 2.96. The van der Waals surface area contributed by atoms with Crippen LogP contribution in [-0.2, 0) is 20.7 Å². The molecule has 2 rings (SSSR count). The Hall–Kier alpha value is -1.97. The summed E-state index contributed by atoms with van der Waals surface area (Å²) in [5.74, 6) is 0.0538. The van der Waals surface area contributed by atoms with Gasteiger partial charge >= 0.3 is 0 Å². The fourth-order valence-corrected chi connectivity index (χ4v) is 1.88. The molecule has 1 aliphatic rings. The van der Waals surface area contributed by atoms with Crippen molar-refractivity contribution in [2.45, 2.75) is 25.8 Å². The topological polar surface area (TPSA) is 47.6 Å². The van der Waals surface area contributed by atoms with Gasteiger partial charge in [-0.3, -0.25) is 4.79 Å². The van der Waals surface area contributed by atoms with Crippen LogP contribution in [0.3, 0.4) is 0 Å². The minimum absolute atomic E-state index is 0.0964. The second kappa shape index (κ2) is 6.83. The number of carbonyl (C=O) groups excluding carboxylic acids is 1. The maximum atomic E-state index is 11.8. The fraction of sp³-hybridized carbons (Fsp3) is 0.400. The number of aryl methyl sites for hydroxylation is 1. The molecular weight excluding hydrogens is 242 g/mol. The molecule has 1 aliphatic heterocycles. The molecule has 4 heteroatoms. The summed E-state index contributed by atoms with van der Waals surface area (Å²) >= 11 is 0. The van der Waals surface area contributed by atoms with Crippen LogP contribution in [0.25, 0.3) is 0 Å². The Morgan fingerprint density at radius 1 is 1.32 bits per heavy atom. The Kier molecular flexibility index (Phi) is 4.84. The van der Waals surface area contributed by atoms with Crippen molar-refractivity contribution in [3.8, 4) is 0 Å². The van der Waals surface area contributed by atoms with Crippen molar-refractivity contribution in [3.63, 3.8) is 0 Å². The second-order valence-corrected chi connectivity index (χ2v) is 4.60. The van der Waals surface area contributed by atoms with Crippen molar-refractivity contribution >= 4 is 5.91 Å². The van der Waals surface area contributed by atoms with E-state index < -0.39 is 0 Å². The number of ether oxygens (including phenoxy) is 2. The van der Waals surface area contributed by atoms with Gasteiger partial charge in [-0.2, -0.15) is 0 Å². The lowest BCUT2D eigenvalue weighted by Gasteiger charge is -2.18. The molecule has 0 aliphatic carbocycles. The van der Waals surface area contributed by atoms with Gasteiger partial charge in [-0.05, 0) is 25.3 Å². The zero-order valence-electron chi connectivity index (χ0n) is 11.1. The molecule has 1 unspecified atom stereocenters. The van der Waals surface area contributed by atoms with Gasteiger partial charge in [-0.1, -0.05) is 30.3 Å². The molecular formula is C15H19NO3. The van der Waals surface area contributed by atoms with Gasteiger partial charge in [0.15, 0.2) is 0 Å². The van der Waals surface area contributed by atoms with Crippen molar-refractivity contribution < 1.29 is 14.3 Å². The van der Waals surface area contributed by atoms with Gasteiger partial charge in [-0.25, -0.2) is 0 Å². The number of carbonyl (C=O) groups is 1. The van der Waals surface area contributed by atoms with Gasteiger partial charge in [0, 0.05) is 6.04 Å². The normalized spacial score (nSPS) is 15.7. The van der Waals surface area contributed by atoms with Gasteiger partial charge in [0.25, 0.3) is 5.91 Å². The van der Waals surface area contributed by atoms with Crippen LogP contribution >= 0.6 is 0 Å². The van der Waals surface area contributed by atoms with E-state index in [0.717, 1.165) is 12.8 Å². The zero-order chi connectivity index (χ0) is 13.5. The monoisotopic (exact) mass is 261 g/mol. The highest BCUT2D eigenvalue weighted by atomic mass is 16.6. The zero-order valence-corrected chi connectivity index (χ0v) is 11.1. The number of hydrogen-bond donors (Lipinski definition) is 1. The Morgan fingerprint density at radius 2 is 2.11 bits per heavy atom. The van der Waals surface area contributed by atoms with Crippen LogP contribution in [0.2, 0.25) is 0 Å². The number of benzene rings is 1. The first-order valence-electron chi connectivity index (χ1n) is 6.55. The molecule has 0 aromatic heterocycles. The fourth-order valence-electron chi connectivity index (χ4n) is 1.88. The van der Waals surface area contributed by atoms with E-state index in [1.807, 2.05) is 25.1 Å². The van der Waals surface area contributed by atoms with Crippen LogP contribution in [0.4, 0.5) is 0 Å². The SMILES string of the molecule is CC(CCc1ccccc1)NC(=O)C1=COCCO1. The van der Waals surface area contributed by atoms with Crippen LogP contribution in [0.1, 0.15) is 18.9 Å². The Morgan fingerprint density at radius 3 is 2.79 bits per heavy atom. The highest BCUT2D eigenvalue weighted by Crippen LogP contribution is 2.07. The van der Waals surface area contributed by atoms with Gasteiger partial charge in [-0.15, -0.1) is 0 Å². The van der Waals surface area contributed by atoms with E-state index in [9.17, 15) is 4.79 Å². The van der Waals surface area contributed by atoms with E-state index in [1.165, 1.54) is 11.8 Å². The van der Waals surface area contributed by atoms with Crippen molar-refractivity contribution in [1.29, 1.82) is 0 Å². The van der Waals surface area contributed by atoms with Crippen LogP contribution in [-0.4, -0.2) is 25.2 Å². The summed E-state index contributed by atoms with van der Waals surface area (Å²) in [6.45, 7) is 2.92. The summed E-state index contributed by atoms with van der Waals surface area (Å²) in [6.07, 6.45) is 3.21. The van der Waals surface area contributed by atoms with Gasteiger partial charge in [0.1, 0.15) is 19.5 Å². The number of nitrogens with one attached hydrogen (secondary N) is 1. The maximum absolute atomic E-state index is 11.8. The second-order valence-electron chi connectivity index (χ2n) is 4.60. The minimum atomic E-state index is -0.208. The van der Waals surface area contributed by atoms with Crippen molar-refractivity contribution in [2.75, 3.05) is 13.2 Å². The molecule has 4 nitrogen and oxygen atoms in total. The minimum Gasteiger partial charge on any atom is -0.494 e. The van der Waals surface area contributed by atoms with Crippen molar-refractivity contribution in [1.82, 2.24) is 5.32 Å². The quantitative estimate of drug-likeness (QED) is 0.882.